The van der Waals surface area contributed by atoms with Crippen molar-refractivity contribution in [3.63, 3.8) is 0 Å². The first-order valence-electron chi connectivity index (χ1n) is 15.8. The highest BCUT2D eigenvalue weighted by molar-refractivity contribution is 5.86. The predicted octanol–water partition coefficient (Wildman–Crippen LogP) is 5.49. The average molecular weight is 627 g/mol. The summed E-state index contributed by atoms with van der Waals surface area (Å²) < 4.78 is 11.4. The summed E-state index contributed by atoms with van der Waals surface area (Å²) in [6.45, 7) is 7.66. The number of aliphatic hydroxyl groups excluding tert-OH is 1. The molecule has 3 aromatic carbocycles. The molecule has 0 heterocycles. The van der Waals surface area contributed by atoms with Crippen LogP contribution in [0.3, 0.4) is 0 Å². The Hall–Kier alpha value is -4.69. The van der Waals surface area contributed by atoms with Crippen molar-refractivity contribution >= 4 is 17.8 Å². The van der Waals surface area contributed by atoms with Gasteiger partial charge in [-0.3, -0.25) is 14.4 Å². The summed E-state index contributed by atoms with van der Waals surface area (Å²) in [6, 6.07) is 26.0. The molecule has 3 N–H and O–H groups in total. The van der Waals surface area contributed by atoms with Crippen LogP contribution in [0.2, 0.25) is 0 Å². The highest BCUT2D eigenvalue weighted by Gasteiger charge is 2.25. The number of rotatable bonds is 21. The lowest BCUT2D eigenvalue weighted by molar-refractivity contribution is -0.145. The molecule has 8 heteroatoms. The van der Waals surface area contributed by atoms with E-state index < -0.39 is 18.0 Å². The minimum Gasteiger partial charge on any atom is -0.489 e. The molecule has 3 atom stereocenters. The third kappa shape index (κ3) is 13.5. The predicted molar refractivity (Wildman–Crippen MR) is 180 cm³/mol. The Labute approximate surface area is 272 Å². The van der Waals surface area contributed by atoms with Gasteiger partial charge >= 0.3 is 5.97 Å². The molecule has 0 radical (unpaired) electrons. The van der Waals surface area contributed by atoms with Crippen LogP contribution in [0.1, 0.15) is 48.8 Å². The van der Waals surface area contributed by atoms with E-state index >= 15 is 0 Å². The lowest BCUT2D eigenvalue weighted by Crippen LogP contribution is -2.45. The maximum atomic E-state index is 13.5. The third-order valence-corrected chi connectivity index (χ3v) is 7.40. The minimum absolute atomic E-state index is 0.0123. The van der Waals surface area contributed by atoms with E-state index in [-0.39, 0.29) is 50.3 Å². The van der Waals surface area contributed by atoms with Gasteiger partial charge in [-0.05, 0) is 60.9 Å². The SMILES string of the molecule is C=CCCCC(=O)OC[C@H](Cc1ccc(OCc2ccccc2)cc1)NC(=O)[C@H](CC=C)CC(=O)N[C@@H](CO)Cc1ccccc1. The first kappa shape index (κ1) is 35.8. The molecule has 0 aromatic heterocycles. The zero-order valence-corrected chi connectivity index (χ0v) is 26.4. The van der Waals surface area contributed by atoms with Crippen LogP contribution < -0.4 is 15.4 Å². The van der Waals surface area contributed by atoms with Gasteiger partial charge in [0.25, 0.3) is 0 Å². The lowest BCUT2D eigenvalue weighted by atomic mass is 9.98. The Morgan fingerprint density at radius 2 is 1.41 bits per heavy atom. The topological polar surface area (TPSA) is 114 Å². The van der Waals surface area contributed by atoms with E-state index in [0.717, 1.165) is 16.7 Å². The number of carbonyl (C=O) groups is 3. The Morgan fingerprint density at radius 3 is 2.04 bits per heavy atom. The largest absolute Gasteiger partial charge is 0.489 e. The number of carbonyl (C=O) groups excluding carboxylic acids is 3. The molecular formula is C38H46N2O6. The van der Waals surface area contributed by atoms with Gasteiger partial charge in [-0.2, -0.15) is 0 Å². The summed E-state index contributed by atoms with van der Waals surface area (Å²) in [4.78, 5) is 38.8. The first-order valence-corrected chi connectivity index (χ1v) is 15.8. The monoisotopic (exact) mass is 626 g/mol. The fraction of sp³-hybridized carbons (Fsp3) is 0.342. The third-order valence-electron chi connectivity index (χ3n) is 7.40. The number of nitrogens with one attached hydrogen (secondary N) is 2. The van der Waals surface area contributed by atoms with Crippen molar-refractivity contribution in [1.82, 2.24) is 10.6 Å². The molecule has 3 aromatic rings. The van der Waals surface area contributed by atoms with E-state index in [1.807, 2.05) is 84.9 Å². The van der Waals surface area contributed by atoms with Gasteiger partial charge in [0.2, 0.25) is 11.8 Å². The second-order valence-corrected chi connectivity index (χ2v) is 11.3. The number of amides is 2. The van der Waals surface area contributed by atoms with Gasteiger partial charge in [0.05, 0.1) is 24.6 Å². The first-order chi connectivity index (χ1) is 22.4. The fourth-order valence-electron chi connectivity index (χ4n) is 4.93. The van der Waals surface area contributed by atoms with Crippen LogP contribution in [0.25, 0.3) is 0 Å². The zero-order chi connectivity index (χ0) is 33.0. The van der Waals surface area contributed by atoms with Gasteiger partial charge in [-0.1, -0.05) is 84.9 Å². The van der Waals surface area contributed by atoms with Crippen LogP contribution in [-0.2, 0) is 38.6 Å². The molecule has 0 spiro atoms. The molecule has 0 fully saturated rings. The number of ether oxygens (including phenoxy) is 2. The van der Waals surface area contributed by atoms with Crippen LogP contribution in [0.5, 0.6) is 5.75 Å². The van der Waals surface area contributed by atoms with Crippen LogP contribution in [0.4, 0.5) is 0 Å². The molecule has 2 amide bonds. The number of allylic oxidation sites excluding steroid dienone is 2. The fourth-order valence-corrected chi connectivity index (χ4v) is 4.93. The summed E-state index contributed by atoms with van der Waals surface area (Å²) in [5, 5.41) is 15.7. The van der Waals surface area contributed by atoms with Gasteiger partial charge in [-0.15, -0.1) is 13.2 Å². The number of hydrogen-bond acceptors (Lipinski definition) is 6. The molecule has 244 valence electrons. The molecule has 8 nitrogen and oxygen atoms in total. The van der Waals surface area contributed by atoms with Crippen molar-refractivity contribution in [2.24, 2.45) is 5.92 Å². The Morgan fingerprint density at radius 1 is 0.783 bits per heavy atom. The molecule has 0 aliphatic heterocycles. The van der Waals surface area contributed by atoms with Crippen molar-refractivity contribution in [1.29, 1.82) is 0 Å². The average Bonchev–Trinajstić information content (AvgIpc) is 3.07. The van der Waals surface area contributed by atoms with E-state index in [1.165, 1.54) is 0 Å². The molecule has 3 rings (SSSR count). The lowest BCUT2D eigenvalue weighted by Gasteiger charge is -2.23. The Kier molecular flexibility index (Phi) is 15.8. The van der Waals surface area contributed by atoms with Crippen molar-refractivity contribution in [3.05, 3.63) is 127 Å². The number of benzene rings is 3. The summed E-state index contributed by atoms with van der Waals surface area (Å²) in [5.41, 5.74) is 2.97. The highest BCUT2D eigenvalue weighted by Crippen LogP contribution is 2.17. The molecule has 0 aliphatic carbocycles. The quantitative estimate of drug-likeness (QED) is 0.0819. The Balaban J connectivity index is 1.63. The second-order valence-electron chi connectivity index (χ2n) is 11.3. The second kappa shape index (κ2) is 20.4. The van der Waals surface area contributed by atoms with Crippen molar-refractivity contribution < 1.29 is 29.0 Å². The Bertz CT molecular complexity index is 1360. The molecular weight excluding hydrogens is 580 g/mol. The van der Waals surface area contributed by atoms with E-state index in [9.17, 15) is 19.5 Å². The molecule has 0 unspecified atom stereocenters. The van der Waals surface area contributed by atoms with Crippen LogP contribution in [0.15, 0.2) is 110 Å². The number of aliphatic hydroxyl groups is 1. The van der Waals surface area contributed by atoms with Crippen LogP contribution in [-0.4, -0.2) is 48.2 Å². The summed E-state index contributed by atoms with van der Waals surface area (Å²) in [6.07, 6.45) is 6.04. The van der Waals surface area contributed by atoms with Gasteiger partial charge in [0.1, 0.15) is 19.0 Å². The summed E-state index contributed by atoms with van der Waals surface area (Å²) in [5.74, 6) is -0.996. The number of hydrogen-bond donors (Lipinski definition) is 3. The highest BCUT2D eigenvalue weighted by atomic mass is 16.5. The van der Waals surface area contributed by atoms with Crippen LogP contribution in [0, 0.1) is 5.92 Å². The van der Waals surface area contributed by atoms with Gasteiger partial charge < -0.3 is 25.2 Å². The molecule has 0 aliphatic rings. The van der Waals surface area contributed by atoms with Gasteiger partial charge in [0.15, 0.2) is 0 Å². The van der Waals surface area contributed by atoms with E-state index in [4.69, 9.17) is 9.47 Å². The maximum absolute atomic E-state index is 13.5. The number of esters is 1. The van der Waals surface area contributed by atoms with Crippen LogP contribution >= 0.6 is 0 Å². The molecule has 0 saturated heterocycles. The van der Waals surface area contributed by atoms with Gasteiger partial charge in [-0.25, -0.2) is 0 Å². The molecule has 46 heavy (non-hydrogen) atoms. The van der Waals surface area contributed by atoms with Crippen molar-refractivity contribution in [2.75, 3.05) is 13.2 Å². The van der Waals surface area contributed by atoms with Crippen molar-refractivity contribution in [2.45, 2.75) is 63.6 Å². The number of unbranched alkanes of at least 4 members (excludes halogenated alkanes) is 1. The van der Waals surface area contributed by atoms with E-state index in [1.54, 1.807) is 12.2 Å². The summed E-state index contributed by atoms with van der Waals surface area (Å²) >= 11 is 0. The maximum Gasteiger partial charge on any atom is 0.305 e. The zero-order valence-electron chi connectivity index (χ0n) is 26.4. The van der Waals surface area contributed by atoms with E-state index in [0.29, 0.717) is 38.0 Å². The van der Waals surface area contributed by atoms with Gasteiger partial charge in [0, 0.05) is 12.8 Å². The normalized spacial score (nSPS) is 12.6. The minimum atomic E-state index is -0.687. The smallest absolute Gasteiger partial charge is 0.305 e. The summed E-state index contributed by atoms with van der Waals surface area (Å²) in [7, 11) is 0. The van der Waals surface area contributed by atoms with Crippen molar-refractivity contribution in [3.8, 4) is 5.75 Å². The molecule has 0 saturated carbocycles. The molecule has 0 bridgehead atoms. The standard InChI is InChI=1S/C38H46N2O6/c1-3-5-8-18-37(43)46-28-34(24-30-19-21-35(22-20-30)45-27-31-16-11-7-12-17-31)40-38(44)32(13-4-2)25-36(42)39-33(26-41)23-29-14-9-6-10-15-29/h3-4,6-7,9-12,14-17,19-22,32-34,41H,1-2,5,8,13,18,23-28H2,(H,39,42)(H,40,44)/t32-,33-,34+/m1/s1. The van der Waals surface area contributed by atoms with E-state index in [2.05, 4.69) is 23.8 Å².